The van der Waals surface area contributed by atoms with Gasteiger partial charge in [-0.3, -0.25) is 0 Å². The highest BCUT2D eigenvalue weighted by Gasteiger charge is 2.36. The van der Waals surface area contributed by atoms with E-state index in [9.17, 15) is 0 Å². The lowest BCUT2D eigenvalue weighted by molar-refractivity contribution is 0.112. The first-order valence-corrected chi connectivity index (χ1v) is 14.3. The molecule has 2 saturated carbocycles. The molecule has 1 heteroatoms. The van der Waals surface area contributed by atoms with E-state index in [0.717, 1.165) is 23.7 Å². The summed E-state index contributed by atoms with van der Waals surface area (Å²) in [6.07, 6.45) is 25.1. The summed E-state index contributed by atoms with van der Waals surface area (Å²) in [7, 11) is 2.31. The Kier molecular flexibility index (Phi) is 9.85. The van der Waals surface area contributed by atoms with Crippen LogP contribution in [-0.2, 0) is 0 Å². The van der Waals surface area contributed by atoms with Crippen LogP contribution in [0.5, 0.6) is 0 Å². The Morgan fingerprint density at radius 2 is 1.13 bits per heavy atom. The van der Waals surface area contributed by atoms with Crippen LogP contribution in [0.2, 0.25) is 0 Å². The molecular weight excluding hydrogens is 374 g/mol. The zero-order valence-electron chi connectivity index (χ0n) is 21.8. The molecule has 3 rings (SSSR count). The summed E-state index contributed by atoms with van der Waals surface area (Å²) in [4.78, 5) is 2.52. The van der Waals surface area contributed by atoms with Gasteiger partial charge in [-0.25, -0.2) is 0 Å². The van der Waals surface area contributed by atoms with Crippen LogP contribution in [0.3, 0.4) is 0 Å². The number of allylic oxidation sites excluding steroid dienone is 1. The van der Waals surface area contributed by atoms with Crippen LogP contribution in [-0.4, -0.2) is 18.5 Å². The third-order valence-electron chi connectivity index (χ3n) is 9.36. The fourth-order valence-corrected chi connectivity index (χ4v) is 7.87. The molecular formula is C30H55N. The van der Waals surface area contributed by atoms with Crippen LogP contribution >= 0.6 is 0 Å². The van der Waals surface area contributed by atoms with Gasteiger partial charge in [0, 0.05) is 25.2 Å². The van der Waals surface area contributed by atoms with Crippen molar-refractivity contribution in [2.75, 3.05) is 13.6 Å². The number of hydrogen-bond acceptors (Lipinski definition) is 1. The molecule has 0 N–H and O–H groups in total. The van der Waals surface area contributed by atoms with Crippen molar-refractivity contribution in [1.82, 2.24) is 4.90 Å². The molecule has 2 unspecified atom stereocenters. The molecule has 31 heavy (non-hydrogen) atoms. The maximum absolute atomic E-state index is 4.66. The van der Waals surface area contributed by atoms with Gasteiger partial charge in [0.05, 0.1) is 0 Å². The summed E-state index contributed by atoms with van der Waals surface area (Å²) in [5, 5.41) is 0. The normalized spacial score (nSPS) is 35.5. The van der Waals surface area contributed by atoms with Gasteiger partial charge in [-0.1, -0.05) is 111 Å². The smallest absolute Gasteiger partial charge is 0.0197 e. The average molecular weight is 430 g/mol. The summed E-state index contributed by atoms with van der Waals surface area (Å²) in [6.45, 7) is 13.3. The second kappa shape index (κ2) is 12.1. The highest BCUT2D eigenvalue weighted by Crippen LogP contribution is 2.45. The third-order valence-corrected chi connectivity index (χ3v) is 9.36. The highest BCUT2D eigenvalue weighted by molar-refractivity contribution is 5.05. The lowest BCUT2D eigenvalue weighted by Gasteiger charge is -2.44. The number of likely N-dealkylation sites (tertiary alicyclic amines) is 1. The monoisotopic (exact) mass is 429 g/mol. The Morgan fingerprint density at radius 3 is 1.68 bits per heavy atom. The molecule has 1 heterocycles. The fraction of sp³-hybridized carbons (Fsp3) is 0.933. The minimum absolute atomic E-state index is 0.454. The van der Waals surface area contributed by atoms with Crippen LogP contribution in [0.1, 0.15) is 130 Å². The van der Waals surface area contributed by atoms with Gasteiger partial charge < -0.3 is 4.90 Å². The second-order valence-corrected chi connectivity index (χ2v) is 12.9. The molecule has 0 amide bonds. The highest BCUT2D eigenvalue weighted by atomic mass is 15.1. The van der Waals surface area contributed by atoms with Gasteiger partial charge in [0.1, 0.15) is 0 Å². The van der Waals surface area contributed by atoms with E-state index >= 15 is 0 Å². The average Bonchev–Trinajstić information content (AvgIpc) is 2.69. The molecule has 1 nitrogen and oxygen atoms in total. The van der Waals surface area contributed by atoms with Crippen LogP contribution < -0.4 is 0 Å². The lowest BCUT2D eigenvalue weighted by Crippen LogP contribution is -2.38. The zero-order valence-corrected chi connectivity index (χ0v) is 21.8. The van der Waals surface area contributed by atoms with Crippen molar-refractivity contribution in [3.05, 3.63) is 12.3 Å². The van der Waals surface area contributed by atoms with Crippen molar-refractivity contribution in [2.24, 2.45) is 35.0 Å². The second-order valence-electron chi connectivity index (χ2n) is 12.9. The Morgan fingerprint density at radius 1 is 0.677 bits per heavy atom. The van der Waals surface area contributed by atoms with E-state index in [1.165, 1.54) is 121 Å². The Labute approximate surface area is 195 Å². The summed E-state index contributed by atoms with van der Waals surface area (Å²) >= 11 is 0. The minimum Gasteiger partial charge on any atom is -0.378 e. The number of nitrogens with zero attached hydrogens (tertiary/aromatic N) is 1. The molecule has 1 saturated heterocycles. The molecule has 3 fully saturated rings. The molecule has 0 aromatic carbocycles. The summed E-state index contributed by atoms with van der Waals surface area (Å²) < 4.78 is 0. The standard InChI is InChI=1S/C30H55N/c1-24-21-30(3,4)22-29(25(2)31(5)23-24)28-19-13-17-27(18-14-20-28)26-15-11-9-7-6-8-10-12-16-26/h24,26-29H,2,6-23H2,1,3-5H3. The topological polar surface area (TPSA) is 3.24 Å². The predicted octanol–water partition coefficient (Wildman–Crippen LogP) is 9.23. The molecule has 2 aliphatic carbocycles. The van der Waals surface area contributed by atoms with E-state index in [2.05, 4.69) is 39.3 Å². The van der Waals surface area contributed by atoms with E-state index < -0.39 is 0 Å². The fourth-order valence-electron chi connectivity index (χ4n) is 7.87. The largest absolute Gasteiger partial charge is 0.378 e. The number of rotatable bonds is 2. The van der Waals surface area contributed by atoms with Crippen LogP contribution in [0.4, 0.5) is 0 Å². The van der Waals surface area contributed by atoms with Crippen molar-refractivity contribution >= 4 is 0 Å². The molecule has 2 atom stereocenters. The van der Waals surface area contributed by atoms with Crippen molar-refractivity contribution in [1.29, 1.82) is 0 Å². The third kappa shape index (κ3) is 7.82. The summed E-state index contributed by atoms with van der Waals surface area (Å²) in [5.41, 5.74) is 1.91. The van der Waals surface area contributed by atoms with Crippen molar-refractivity contribution in [3.63, 3.8) is 0 Å². The van der Waals surface area contributed by atoms with Gasteiger partial charge >= 0.3 is 0 Å². The quantitative estimate of drug-likeness (QED) is 0.422. The summed E-state index contributed by atoms with van der Waals surface area (Å²) in [6, 6.07) is 0. The molecule has 0 aromatic heterocycles. The van der Waals surface area contributed by atoms with Gasteiger partial charge in [-0.05, 0) is 54.8 Å². The van der Waals surface area contributed by atoms with Crippen molar-refractivity contribution < 1.29 is 0 Å². The first-order valence-electron chi connectivity index (χ1n) is 14.3. The molecule has 0 radical (unpaired) electrons. The molecule has 180 valence electrons. The van der Waals surface area contributed by atoms with Crippen LogP contribution in [0.15, 0.2) is 12.3 Å². The molecule has 0 aromatic rings. The van der Waals surface area contributed by atoms with Gasteiger partial charge in [0.2, 0.25) is 0 Å². The van der Waals surface area contributed by atoms with Crippen molar-refractivity contribution in [2.45, 2.75) is 130 Å². The predicted molar refractivity (Wildman–Crippen MR) is 137 cm³/mol. The maximum atomic E-state index is 4.66. The van der Waals surface area contributed by atoms with E-state index in [0.29, 0.717) is 11.3 Å². The van der Waals surface area contributed by atoms with Gasteiger partial charge in [0.15, 0.2) is 0 Å². The van der Waals surface area contributed by atoms with E-state index in [1.807, 2.05) is 0 Å². The van der Waals surface area contributed by atoms with Crippen LogP contribution in [0.25, 0.3) is 0 Å². The van der Waals surface area contributed by atoms with E-state index in [1.54, 1.807) is 0 Å². The molecule has 0 bridgehead atoms. The van der Waals surface area contributed by atoms with Gasteiger partial charge in [0.25, 0.3) is 0 Å². The minimum atomic E-state index is 0.454. The van der Waals surface area contributed by atoms with Crippen LogP contribution in [0, 0.1) is 35.0 Å². The molecule has 3 aliphatic rings. The van der Waals surface area contributed by atoms with E-state index in [4.69, 9.17) is 0 Å². The molecule has 1 aliphatic heterocycles. The summed E-state index contributed by atoms with van der Waals surface area (Å²) in [5.74, 6) is 4.41. The first kappa shape index (κ1) is 25.2. The Bertz CT molecular complexity index is 515. The molecule has 0 spiro atoms. The lowest BCUT2D eigenvalue weighted by atomic mass is 9.67. The Balaban J connectivity index is 1.58. The Hall–Kier alpha value is -0.460. The maximum Gasteiger partial charge on any atom is 0.0197 e. The van der Waals surface area contributed by atoms with E-state index in [-0.39, 0.29) is 0 Å². The van der Waals surface area contributed by atoms with Crippen molar-refractivity contribution in [3.8, 4) is 0 Å². The van der Waals surface area contributed by atoms with Gasteiger partial charge in [-0.15, -0.1) is 0 Å². The van der Waals surface area contributed by atoms with Gasteiger partial charge in [-0.2, -0.15) is 0 Å². The SMILES string of the molecule is C=C1C(C2CCCC(C3CCCCCCCCC3)CCC2)CC(C)(C)CC(C)CN1C. The first-order chi connectivity index (χ1) is 14.9. The number of hydrogen-bond donors (Lipinski definition) is 0. The zero-order chi connectivity index (χ0) is 22.3.